The quantitative estimate of drug-likeness (QED) is 0.861. The Morgan fingerprint density at radius 2 is 2.08 bits per heavy atom. The minimum absolute atomic E-state index is 0.142. The number of piperazine rings is 1. The first-order valence-electron chi connectivity index (χ1n) is 8.06. The molecule has 3 aliphatic rings. The molecule has 1 N–H and O–H groups in total. The van der Waals surface area contributed by atoms with Crippen LogP contribution in [0, 0.1) is 5.82 Å². The lowest BCUT2D eigenvalue weighted by Crippen LogP contribution is -2.60. The summed E-state index contributed by atoms with van der Waals surface area (Å²) in [6, 6.07) is 2.53. The number of hydrogen-bond acceptors (Lipinski definition) is 3. The Bertz CT molecular complexity index is 825. The van der Waals surface area contributed by atoms with Crippen LogP contribution in [0.2, 0.25) is 5.02 Å². The van der Waals surface area contributed by atoms with E-state index < -0.39 is 23.8 Å². The molecule has 2 atom stereocenters. The Hall–Kier alpha value is -2.41. The van der Waals surface area contributed by atoms with Gasteiger partial charge in [0.25, 0.3) is 17.7 Å². The number of fused-ring (bicyclic) bond motifs is 2. The maximum atomic E-state index is 13.2. The lowest BCUT2D eigenvalue weighted by molar-refractivity contribution is -0.148. The SMILES string of the molecule is O=C(N[C@H]1CCN2C(=O)C3=CCCN3C(=O)[C@H]12)c1ccc(F)c(Cl)c1. The van der Waals surface area contributed by atoms with E-state index in [0.717, 1.165) is 6.07 Å². The van der Waals surface area contributed by atoms with E-state index in [9.17, 15) is 18.8 Å². The Labute approximate surface area is 148 Å². The summed E-state index contributed by atoms with van der Waals surface area (Å²) in [6.45, 7) is 0.911. The second-order valence-corrected chi connectivity index (χ2v) is 6.72. The van der Waals surface area contributed by atoms with Gasteiger partial charge in [0.15, 0.2) is 0 Å². The molecule has 0 aromatic heterocycles. The molecule has 130 valence electrons. The predicted molar refractivity (Wildman–Crippen MR) is 87.2 cm³/mol. The van der Waals surface area contributed by atoms with Gasteiger partial charge < -0.3 is 15.1 Å². The van der Waals surface area contributed by atoms with Crippen molar-refractivity contribution in [2.45, 2.75) is 24.9 Å². The van der Waals surface area contributed by atoms with Gasteiger partial charge >= 0.3 is 0 Å². The van der Waals surface area contributed by atoms with Gasteiger partial charge in [0.05, 0.1) is 11.1 Å². The van der Waals surface area contributed by atoms with E-state index in [0.29, 0.717) is 31.6 Å². The molecule has 6 nitrogen and oxygen atoms in total. The standard InChI is InChI=1S/C17H15ClFN3O3/c18-10-8-9(3-4-11(10)19)15(23)20-12-5-7-22-14(12)17(25)21-6-1-2-13(21)16(22)24/h2-4,8,12,14H,1,5-7H2,(H,20,23)/t12-,14-/m0/s1. The first-order chi connectivity index (χ1) is 12.0. The predicted octanol–water partition coefficient (Wildman–Crippen LogP) is 1.31. The second-order valence-electron chi connectivity index (χ2n) is 6.31. The Morgan fingerprint density at radius 1 is 1.28 bits per heavy atom. The molecule has 0 bridgehead atoms. The van der Waals surface area contributed by atoms with E-state index in [-0.39, 0.29) is 22.4 Å². The van der Waals surface area contributed by atoms with Crippen molar-refractivity contribution in [1.82, 2.24) is 15.1 Å². The van der Waals surface area contributed by atoms with Gasteiger partial charge in [-0.1, -0.05) is 17.7 Å². The molecule has 1 aromatic carbocycles. The van der Waals surface area contributed by atoms with Crippen molar-refractivity contribution in [3.05, 3.63) is 46.4 Å². The zero-order valence-electron chi connectivity index (χ0n) is 13.2. The van der Waals surface area contributed by atoms with Crippen LogP contribution in [0.4, 0.5) is 4.39 Å². The highest BCUT2D eigenvalue weighted by Crippen LogP contribution is 2.32. The van der Waals surface area contributed by atoms with Gasteiger partial charge in [0.1, 0.15) is 17.6 Å². The third kappa shape index (κ3) is 2.50. The van der Waals surface area contributed by atoms with Crippen LogP contribution < -0.4 is 5.32 Å². The largest absolute Gasteiger partial charge is 0.347 e. The molecule has 0 radical (unpaired) electrons. The Balaban J connectivity index is 1.55. The van der Waals surface area contributed by atoms with Gasteiger partial charge in [0, 0.05) is 18.7 Å². The van der Waals surface area contributed by atoms with Crippen molar-refractivity contribution in [1.29, 1.82) is 0 Å². The highest BCUT2D eigenvalue weighted by molar-refractivity contribution is 6.31. The van der Waals surface area contributed by atoms with Crippen LogP contribution in [-0.2, 0) is 9.59 Å². The maximum Gasteiger partial charge on any atom is 0.270 e. The molecule has 25 heavy (non-hydrogen) atoms. The smallest absolute Gasteiger partial charge is 0.270 e. The summed E-state index contributed by atoms with van der Waals surface area (Å²) < 4.78 is 13.2. The lowest BCUT2D eigenvalue weighted by Gasteiger charge is -2.37. The molecule has 3 aliphatic heterocycles. The normalized spacial score (nSPS) is 25.0. The van der Waals surface area contributed by atoms with Crippen LogP contribution in [0.25, 0.3) is 0 Å². The van der Waals surface area contributed by atoms with Crippen molar-refractivity contribution < 1.29 is 18.8 Å². The first kappa shape index (κ1) is 16.1. The fourth-order valence-corrected chi connectivity index (χ4v) is 3.85. The molecule has 1 aromatic rings. The molecule has 0 saturated carbocycles. The van der Waals surface area contributed by atoms with Crippen molar-refractivity contribution in [3.63, 3.8) is 0 Å². The zero-order chi connectivity index (χ0) is 17.7. The average Bonchev–Trinajstić information content (AvgIpc) is 3.23. The zero-order valence-corrected chi connectivity index (χ0v) is 13.9. The number of carbonyl (C=O) groups excluding carboxylic acids is 3. The molecule has 8 heteroatoms. The first-order valence-corrected chi connectivity index (χ1v) is 8.43. The van der Waals surface area contributed by atoms with E-state index in [1.807, 2.05) is 0 Å². The topological polar surface area (TPSA) is 69.7 Å². The number of benzene rings is 1. The van der Waals surface area contributed by atoms with E-state index in [2.05, 4.69) is 5.32 Å². The summed E-state index contributed by atoms with van der Waals surface area (Å²) in [5.41, 5.74) is 0.653. The third-order valence-electron chi connectivity index (χ3n) is 4.88. The van der Waals surface area contributed by atoms with E-state index in [4.69, 9.17) is 11.6 Å². The van der Waals surface area contributed by atoms with E-state index in [1.54, 1.807) is 6.08 Å². The number of nitrogens with one attached hydrogen (secondary N) is 1. The Kier molecular flexibility index (Phi) is 3.76. The monoisotopic (exact) mass is 363 g/mol. The molecular weight excluding hydrogens is 349 g/mol. The molecule has 4 rings (SSSR count). The summed E-state index contributed by atoms with van der Waals surface area (Å²) in [6.07, 6.45) is 2.94. The van der Waals surface area contributed by atoms with Gasteiger partial charge in [-0.3, -0.25) is 14.4 Å². The molecule has 3 amide bonds. The number of halogens is 2. The number of rotatable bonds is 2. The minimum atomic E-state index is -0.692. The summed E-state index contributed by atoms with van der Waals surface area (Å²) in [7, 11) is 0. The lowest BCUT2D eigenvalue weighted by atomic mass is 10.0. The van der Waals surface area contributed by atoms with Crippen LogP contribution in [-0.4, -0.2) is 52.7 Å². The van der Waals surface area contributed by atoms with Gasteiger partial charge in [-0.2, -0.15) is 0 Å². The molecule has 3 heterocycles. The summed E-state index contributed by atoms with van der Waals surface area (Å²) in [5, 5.41) is 2.65. The van der Waals surface area contributed by atoms with Crippen molar-refractivity contribution in [2.24, 2.45) is 0 Å². The van der Waals surface area contributed by atoms with Gasteiger partial charge in [0.2, 0.25) is 0 Å². The highest BCUT2D eigenvalue weighted by atomic mass is 35.5. The van der Waals surface area contributed by atoms with Crippen LogP contribution in [0.1, 0.15) is 23.2 Å². The van der Waals surface area contributed by atoms with Crippen LogP contribution in [0.15, 0.2) is 30.0 Å². The molecular formula is C17H15ClFN3O3. The van der Waals surface area contributed by atoms with E-state index in [1.165, 1.54) is 21.9 Å². The van der Waals surface area contributed by atoms with Crippen molar-refractivity contribution in [2.75, 3.05) is 13.1 Å². The minimum Gasteiger partial charge on any atom is -0.347 e. The third-order valence-corrected chi connectivity index (χ3v) is 5.17. The number of nitrogens with zero attached hydrogens (tertiary/aromatic N) is 2. The summed E-state index contributed by atoms with van der Waals surface area (Å²) in [4.78, 5) is 40.7. The van der Waals surface area contributed by atoms with Gasteiger partial charge in [-0.25, -0.2) is 4.39 Å². The Morgan fingerprint density at radius 3 is 2.84 bits per heavy atom. The number of carbonyl (C=O) groups is 3. The summed E-state index contributed by atoms with van der Waals surface area (Å²) in [5.74, 6) is -1.38. The second kappa shape index (κ2) is 5.84. The molecule has 2 saturated heterocycles. The molecule has 2 fully saturated rings. The van der Waals surface area contributed by atoms with Crippen LogP contribution >= 0.6 is 11.6 Å². The van der Waals surface area contributed by atoms with Crippen molar-refractivity contribution >= 4 is 29.3 Å². The number of hydrogen-bond donors (Lipinski definition) is 1. The maximum absolute atomic E-state index is 13.2. The fraction of sp³-hybridized carbons (Fsp3) is 0.353. The molecule has 0 spiro atoms. The van der Waals surface area contributed by atoms with Crippen LogP contribution in [0.5, 0.6) is 0 Å². The highest BCUT2D eigenvalue weighted by Gasteiger charge is 2.51. The van der Waals surface area contributed by atoms with Crippen LogP contribution in [0.3, 0.4) is 0 Å². The summed E-state index contributed by atoms with van der Waals surface area (Å²) >= 11 is 5.71. The van der Waals surface area contributed by atoms with Gasteiger partial charge in [-0.15, -0.1) is 0 Å². The average molecular weight is 364 g/mol. The van der Waals surface area contributed by atoms with Gasteiger partial charge in [-0.05, 0) is 31.0 Å². The van der Waals surface area contributed by atoms with E-state index >= 15 is 0 Å². The fourth-order valence-electron chi connectivity index (χ4n) is 3.67. The molecule has 0 unspecified atom stereocenters. The van der Waals surface area contributed by atoms with Crippen molar-refractivity contribution in [3.8, 4) is 0 Å². The molecule has 0 aliphatic carbocycles. The number of amides is 3.